The van der Waals surface area contributed by atoms with Gasteiger partial charge in [0.05, 0.1) is 5.92 Å². The number of nitrogens with one attached hydrogen (secondary N) is 2. The minimum absolute atomic E-state index is 0.0307. The minimum atomic E-state index is -0.258. The number of hydrogen-bond acceptors (Lipinski definition) is 6. The third kappa shape index (κ3) is 3.55. The molecule has 0 aromatic carbocycles. The topological polar surface area (TPSA) is 113 Å². The van der Waals surface area contributed by atoms with E-state index in [2.05, 4.69) is 32.8 Å². The summed E-state index contributed by atoms with van der Waals surface area (Å²) in [7, 11) is 0. The van der Waals surface area contributed by atoms with Crippen molar-refractivity contribution in [2.75, 3.05) is 23.7 Å². The van der Waals surface area contributed by atoms with E-state index in [4.69, 9.17) is 5.73 Å². The Labute approximate surface area is 165 Å². The molecule has 1 saturated heterocycles. The normalized spacial score (nSPS) is 31.1. The summed E-state index contributed by atoms with van der Waals surface area (Å²) in [6.45, 7) is 5.02. The predicted molar refractivity (Wildman–Crippen MR) is 106 cm³/mol. The van der Waals surface area contributed by atoms with Gasteiger partial charge in [0.15, 0.2) is 0 Å². The van der Waals surface area contributed by atoms with Crippen LogP contribution in [0.3, 0.4) is 0 Å². The van der Waals surface area contributed by atoms with Gasteiger partial charge in [-0.3, -0.25) is 9.59 Å². The van der Waals surface area contributed by atoms with E-state index in [1.165, 1.54) is 0 Å². The minimum Gasteiger partial charge on any atom is -0.369 e. The molecule has 1 aliphatic heterocycles. The molecule has 3 aliphatic rings. The van der Waals surface area contributed by atoms with Gasteiger partial charge in [0.25, 0.3) is 0 Å². The predicted octanol–water partition coefficient (Wildman–Crippen LogP) is 1.30. The first-order chi connectivity index (χ1) is 13.4. The van der Waals surface area contributed by atoms with Gasteiger partial charge in [-0.05, 0) is 38.0 Å². The maximum absolute atomic E-state index is 12.0. The van der Waals surface area contributed by atoms with Gasteiger partial charge >= 0.3 is 0 Å². The van der Waals surface area contributed by atoms with Crippen molar-refractivity contribution in [2.45, 2.75) is 45.2 Å². The number of carbonyl (C=O) groups is 2. The summed E-state index contributed by atoms with van der Waals surface area (Å²) in [6.07, 6.45) is 8.98. The third-order valence-corrected chi connectivity index (χ3v) is 6.26. The van der Waals surface area contributed by atoms with Crippen LogP contribution in [0.5, 0.6) is 0 Å². The number of likely N-dealkylation sites (tertiary alicyclic amines) is 1. The Morgan fingerprint density at radius 3 is 2.79 bits per heavy atom. The molecule has 2 amide bonds. The molecule has 2 aliphatic carbocycles. The smallest absolute Gasteiger partial charge is 0.224 e. The van der Waals surface area contributed by atoms with Crippen molar-refractivity contribution >= 4 is 23.6 Å². The SMILES string of the molecule is CC(=O)N1CCC[C@H](Nc2ncc(C)c(N[C@@H]3[C@H](C(N)=O)[C@H]4C=C[C@@H]3C4)n2)C1. The fraction of sp³-hybridized carbons (Fsp3) is 0.600. The van der Waals surface area contributed by atoms with E-state index in [0.29, 0.717) is 18.4 Å². The summed E-state index contributed by atoms with van der Waals surface area (Å²) in [5.41, 5.74) is 6.59. The van der Waals surface area contributed by atoms with E-state index in [9.17, 15) is 9.59 Å². The van der Waals surface area contributed by atoms with Crippen LogP contribution in [0.25, 0.3) is 0 Å². The number of aryl methyl sites for hydroxylation is 1. The number of carbonyl (C=O) groups excluding carboxylic acids is 2. The lowest BCUT2D eigenvalue weighted by atomic mass is 9.88. The van der Waals surface area contributed by atoms with E-state index in [1.807, 2.05) is 11.8 Å². The molecule has 0 spiro atoms. The largest absolute Gasteiger partial charge is 0.369 e. The molecule has 4 rings (SSSR count). The van der Waals surface area contributed by atoms with Crippen molar-refractivity contribution in [3.8, 4) is 0 Å². The standard InChI is InChI=1S/C20H28N6O2/c1-11-9-22-20(23-15-4-3-7-26(10-15)12(2)27)25-19(11)24-17-14-6-5-13(8-14)16(17)18(21)28/h5-6,9,13-17H,3-4,7-8,10H2,1-2H3,(H2,21,28)(H2,22,23,24,25)/t13-,14+,15-,16+,17-/m0/s1. The van der Waals surface area contributed by atoms with Crippen LogP contribution >= 0.6 is 0 Å². The Morgan fingerprint density at radius 1 is 1.25 bits per heavy atom. The average molecular weight is 384 g/mol. The van der Waals surface area contributed by atoms with Gasteiger partial charge in [0.2, 0.25) is 17.8 Å². The molecule has 5 atom stereocenters. The second-order valence-electron chi connectivity index (χ2n) is 8.22. The number of hydrogen-bond donors (Lipinski definition) is 3. The second-order valence-corrected chi connectivity index (χ2v) is 8.22. The Morgan fingerprint density at radius 2 is 2.04 bits per heavy atom. The number of fused-ring (bicyclic) bond motifs is 2. The van der Waals surface area contributed by atoms with Crippen LogP contribution < -0.4 is 16.4 Å². The van der Waals surface area contributed by atoms with Gasteiger partial charge in [0, 0.05) is 43.9 Å². The quantitative estimate of drug-likeness (QED) is 0.660. The van der Waals surface area contributed by atoms with Crippen molar-refractivity contribution in [2.24, 2.45) is 23.5 Å². The number of aromatic nitrogens is 2. The van der Waals surface area contributed by atoms with E-state index < -0.39 is 0 Å². The second kappa shape index (κ2) is 7.41. The van der Waals surface area contributed by atoms with Crippen LogP contribution in [0.15, 0.2) is 18.3 Å². The van der Waals surface area contributed by atoms with Crippen molar-refractivity contribution in [3.05, 3.63) is 23.9 Å². The molecular formula is C20H28N6O2. The van der Waals surface area contributed by atoms with Gasteiger partial charge in [-0.15, -0.1) is 0 Å². The summed E-state index contributed by atoms with van der Waals surface area (Å²) in [5, 5.41) is 6.83. The lowest BCUT2D eigenvalue weighted by Gasteiger charge is -2.32. The molecule has 0 radical (unpaired) electrons. The monoisotopic (exact) mass is 384 g/mol. The van der Waals surface area contributed by atoms with Crippen LogP contribution in [-0.4, -0.2) is 51.9 Å². The number of nitrogens with zero attached hydrogens (tertiary/aromatic N) is 3. The van der Waals surface area contributed by atoms with Crippen molar-refractivity contribution in [3.63, 3.8) is 0 Å². The maximum Gasteiger partial charge on any atom is 0.224 e. The van der Waals surface area contributed by atoms with Gasteiger partial charge in [-0.1, -0.05) is 12.2 Å². The highest BCUT2D eigenvalue weighted by molar-refractivity contribution is 5.80. The summed E-state index contributed by atoms with van der Waals surface area (Å²) >= 11 is 0. The molecule has 1 aromatic rings. The summed E-state index contributed by atoms with van der Waals surface area (Å²) in [5.74, 6) is 1.43. The highest BCUT2D eigenvalue weighted by atomic mass is 16.2. The molecule has 1 aromatic heterocycles. The number of nitrogens with two attached hydrogens (primary N) is 1. The van der Waals surface area contributed by atoms with E-state index in [1.54, 1.807) is 13.1 Å². The van der Waals surface area contributed by atoms with Gasteiger partial charge in [-0.25, -0.2) is 4.98 Å². The highest BCUT2D eigenvalue weighted by Crippen LogP contribution is 2.44. The Hall–Kier alpha value is -2.64. The number of piperidine rings is 1. The van der Waals surface area contributed by atoms with E-state index in [0.717, 1.165) is 37.2 Å². The van der Waals surface area contributed by atoms with Crippen LogP contribution in [-0.2, 0) is 9.59 Å². The first-order valence-electron chi connectivity index (χ1n) is 10.0. The van der Waals surface area contributed by atoms with Crippen LogP contribution in [0.1, 0.15) is 31.7 Å². The van der Waals surface area contributed by atoms with Crippen molar-refractivity contribution < 1.29 is 9.59 Å². The lowest BCUT2D eigenvalue weighted by molar-refractivity contribution is -0.129. The molecule has 2 bridgehead atoms. The molecular weight excluding hydrogens is 356 g/mol. The molecule has 28 heavy (non-hydrogen) atoms. The summed E-state index contributed by atoms with van der Waals surface area (Å²) < 4.78 is 0. The fourth-order valence-corrected chi connectivity index (χ4v) is 4.79. The zero-order valence-corrected chi connectivity index (χ0v) is 16.4. The van der Waals surface area contributed by atoms with Crippen molar-refractivity contribution in [1.82, 2.24) is 14.9 Å². The lowest BCUT2D eigenvalue weighted by Crippen LogP contribution is -2.44. The molecule has 2 fully saturated rings. The fourth-order valence-electron chi connectivity index (χ4n) is 4.79. The zero-order valence-electron chi connectivity index (χ0n) is 16.4. The van der Waals surface area contributed by atoms with Crippen LogP contribution in [0.4, 0.5) is 11.8 Å². The van der Waals surface area contributed by atoms with Crippen molar-refractivity contribution in [1.29, 1.82) is 0 Å². The Balaban J connectivity index is 1.48. The Kier molecular flexibility index (Phi) is 4.95. The zero-order chi connectivity index (χ0) is 19.8. The number of amides is 2. The third-order valence-electron chi connectivity index (χ3n) is 6.26. The molecule has 150 valence electrons. The van der Waals surface area contributed by atoms with E-state index >= 15 is 0 Å². The van der Waals surface area contributed by atoms with E-state index in [-0.39, 0.29) is 35.7 Å². The first kappa shape index (κ1) is 18.7. The summed E-state index contributed by atoms with van der Waals surface area (Å²) in [6, 6.07) is 0.105. The van der Waals surface area contributed by atoms with Gasteiger partial charge in [-0.2, -0.15) is 4.98 Å². The average Bonchev–Trinajstić information content (AvgIpc) is 3.26. The number of rotatable bonds is 5. The molecule has 4 N–H and O–H groups in total. The molecule has 2 heterocycles. The number of allylic oxidation sites excluding steroid dienone is 1. The maximum atomic E-state index is 12.0. The molecule has 0 unspecified atom stereocenters. The number of primary amides is 1. The van der Waals surface area contributed by atoms with Gasteiger partial charge in [0.1, 0.15) is 5.82 Å². The molecule has 1 saturated carbocycles. The Bertz CT molecular complexity index is 810. The molecule has 8 heteroatoms. The molecule has 8 nitrogen and oxygen atoms in total. The highest BCUT2D eigenvalue weighted by Gasteiger charge is 2.47. The van der Waals surface area contributed by atoms with Crippen LogP contribution in [0, 0.1) is 24.7 Å². The summed E-state index contributed by atoms with van der Waals surface area (Å²) in [4.78, 5) is 34.5. The van der Waals surface area contributed by atoms with Crippen LogP contribution in [0.2, 0.25) is 0 Å². The first-order valence-corrected chi connectivity index (χ1v) is 10.0. The van der Waals surface area contributed by atoms with Gasteiger partial charge < -0.3 is 21.3 Å². The number of anilines is 2.